The lowest BCUT2D eigenvalue weighted by atomic mass is 9.98. The molecule has 0 aromatic rings. The molecule has 0 radical (unpaired) electrons. The van der Waals surface area contributed by atoms with Crippen LogP contribution in [0.2, 0.25) is 0 Å². The van der Waals surface area contributed by atoms with Gasteiger partial charge in [-0.05, 0) is 51.0 Å². The second-order valence-corrected chi connectivity index (χ2v) is 8.39. The van der Waals surface area contributed by atoms with Crippen molar-refractivity contribution in [3.63, 3.8) is 0 Å². The van der Waals surface area contributed by atoms with Crippen LogP contribution in [-0.2, 0) is 14.8 Å². The van der Waals surface area contributed by atoms with E-state index in [4.69, 9.17) is 0 Å². The van der Waals surface area contributed by atoms with Crippen molar-refractivity contribution in [3.8, 4) is 0 Å². The van der Waals surface area contributed by atoms with Gasteiger partial charge in [0.25, 0.3) is 0 Å². The quantitative estimate of drug-likeness (QED) is 0.701. The fourth-order valence-electron chi connectivity index (χ4n) is 2.95. The van der Waals surface area contributed by atoms with Gasteiger partial charge in [-0.3, -0.25) is 9.69 Å². The largest absolute Gasteiger partial charge is 0.352 e. The molecule has 0 unspecified atom stereocenters. The predicted octanol–water partition coefficient (Wildman–Crippen LogP) is 0.162. The van der Waals surface area contributed by atoms with Crippen molar-refractivity contribution in [2.75, 3.05) is 32.4 Å². The first-order valence-corrected chi connectivity index (χ1v) is 9.69. The Hall–Kier alpha value is -0.660. The van der Waals surface area contributed by atoms with Gasteiger partial charge in [0, 0.05) is 19.1 Å². The summed E-state index contributed by atoms with van der Waals surface area (Å²) in [5.41, 5.74) is 0. The van der Waals surface area contributed by atoms with Crippen molar-refractivity contribution in [2.45, 2.75) is 38.6 Å². The SMILES string of the molecule is C[C@H](NC(=O)CN1CCC[C@H](CNS(C)(=O)=O)C1)C1CC1. The molecule has 0 bridgehead atoms. The number of sulfonamides is 1. The molecule has 1 aliphatic carbocycles. The van der Waals surface area contributed by atoms with E-state index in [1.807, 2.05) is 0 Å². The zero-order valence-electron chi connectivity index (χ0n) is 13.0. The minimum absolute atomic E-state index is 0.0890. The maximum Gasteiger partial charge on any atom is 0.234 e. The second kappa shape index (κ2) is 7.07. The molecule has 7 heteroatoms. The van der Waals surface area contributed by atoms with Gasteiger partial charge in [-0.25, -0.2) is 13.1 Å². The zero-order chi connectivity index (χ0) is 15.5. The molecule has 2 atom stereocenters. The van der Waals surface area contributed by atoms with Crippen LogP contribution in [0.25, 0.3) is 0 Å². The highest BCUT2D eigenvalue weighted by molar-refractivity contribution is 7.88. The van der Waals surface area contributed by atoms with Crippen molar-refractivity contribution >= 4 is 15.9 Å². The maximum atomic E-state index is 12.0. The van der Waals surface area contributed by atoms with Crippen LogP contribution < -0.4 is 10.0 Å². The summed E-state index contributed by atoms with van der Waals surface area (Å²) >= 11 is 0. The van der Waals surface area contributed by atoms with E-state index in [9.17, 15) is 13.2 Å². The molecule has 2 aliphatic rings. The average Bonchev–Trinajstić information content (AvgIpc) is 3.20. The van der Waals surface area contributed by atoms with Crippen LogP contribution in [0.3, 0.4) is 0 Å². The fraction of sp³-hybridized carbons (Fsp3) is 0.929. The third kappa shape index (κ3) is 6.32. The van der Waals surface area contributed by atoms with E-state index < -0.39 is 10.0 Å². The van der Waals surface area contributed by atoms with Gasteiger partial charge in [0.05, 0.1) is 12.8 Å². The van der Waals surface area contributed by atoms with Crippen LogP contribution in [0, 0.1) is 11.8 Å². The highest BCUT2D eigenvalue weighted by atomic mass is 32.2. The molecular formula is C14H27N3O3S. The van der Waals surface area contributed by atoms with Crippen LogP contribution in [0.1, 0.15) is 32.6 Å². The summed E-state index contributed by atoms with van der Waals surface area (Å²) in [5, 5.41) is 3.07. The van der Waals surface area contributed by atoms with Crippen LogP contribution in [-0.4, -0.2) is 57.7 Å². The van der Waals surface area contributed by atoms with E-state index in [0.29, 0.717) is 24.9 Å². The van der Waals surface area contributed by atoms with E-state index in [2.05, 4.69) is 21.9 Å². The molecule has 0 spiro atoms. The first kappa shape index (κ1) is 16.7. The van der Waals surface area contributed by atoms with Crippen LogP contribution in [0.4, 0.5) is 0 Å². The third-order valence-corrected chi connectivity index (χ3v) is 5.01. The molecule has 1 saturated heterocycles. The van der Waals surface area contributed by atoms with Gasteiger partial charge < -0.3 is 5.32 Å². The van der Waals surface area contributed by atoms with Crippen molar-refractivity contribution in [1.82, 2.24) is 14.9 Å². The number of amides is 1. The van der Waals surface area contributed by atoms with Crippen molar-refractivity contribution in [3.05, 3.63) is 0 Å². The molecule has 2 rings (SSSR count). The topological polar surface area (TPSA) is 78.5 Å². The number of carbonyl (C=O) groups is 1. The molecular weight excluding hydrogens is 290 g/mol. The normalized spacial score (nSPS) is 25.5. The number of piperidine rings is 1. The number of nitrogens with zero attached hydrogens (tertiary/aromatic N) is 1. The van der Waals surface area contributed by atoms with Gasteiger partial charge >= 0.3 is 0 Å². The summed E-state index contributed by atoms with van der Waals surface area (Å²) in [6, 6.07) is 0.282. The molecule has 2 fully saturated rings. The number of likely N-dealkylation sites (tertiary alicyclic amines) is 1. The number of nitrogens with one attached hydrogen (secondary N) is 2. The zero-order valence-corrected chi connectivity index (χ0v) is 13.8. The standard InChI is InChI=1S/C14H27N3O3S/c1-11(13-5-6-13)16-14(18)10-17-7-3-4-12(9-17)8-15-21(2,19)20/h11-13,15H,3-10H2,1-2H3,(H,16,18)/t11-,12+/m0/s1. The maximum absolute atomic E-state index is 12.0. The predicted molar refractivity (Wildman–Crippen MR) is 82.3 cm³/mol. The summed E-state index contributed by atoms with van der Waals surface area (Å²) in [7, 11) is -3.13. The fourth-order valence-corrected chi connectivity index (χ4v) is 3.49. The Morgan fingerprint density at radius 3 is 2.67 bits per heavy atom. The van der Waals surface area contributed by atoms with Crippen LogP contribution >= 0.6 is 0 Å². The summed E-state index contributed by atoms with van der Waals surface area (Å²) < 4.78 is 24.8. The Labute approximate surface area is 127 Å². The van der Waals surface area contributed by atoms with Gasteiger partial charge in [0.15, 0.2) is 0 Å². The van der Waals surface area contributed by atoms with Crippen molar-refractivity contribution in [1.29, 1.82) is 0 Å². The molecule has 122 valence electrons. The monoisotopic (exact) mass is 317 g/mol. The summed E-state index contributed by atoms with van der Waals surface area (Å²) in [6.45, 7) is 4.67. The first-order valence-electron chi connectivity index (χ1n) is 7.80. The second-order valence-electron chi connectivity index (χ2n) is 6.56. The highest BCUT2D eigenvalue weighted by Crippen LogP contribution is 2.32. The molecule has 21 heavy (non-hydrogen) atoms. The Morgan fingerprint density at radius 1 is 1.33 bits per heavy atom. The highest BCUT2D eigenvalue weighted by Gasteiger charge is 2.29. The molecule has 0 aromatic carbocycles. The Balaban J connectivity index is 1.71. The Kier molecular flexibility index (Phi) is 5.62. The van der Waals surface area contributed by atoms with Crippen LogP contribution in [0.15, 0.2) is 0 Å². The lowest BCUT2D eigenvalue weighted by Crippen LogP contribution is -2.46. The molecule has 1 saturated carbocycles. The van der Waals surface area contributed by atoms with E-state index in [-0.39, 0.29) is 11.9 Å². The lowest BCUT2D eigenvalue weighted by Gasteiger charge is -2.32. The number of hydrogen-bond acceptors (Lipinski definition) is 4. The number of rotatable bonds is 7. The van der Waals surface area contributed by atoms with E-state index in [0.717, 1.165) is 25.9 Å². The Bertz CT molecular complexity index is 462. The minimum Gasteiger partial charge on any atom is -0.352 e. The first-order chi connectivity index (χ1) is 9.83. The molecule has 0 aromatic heterocycles. The van der Waals surface area contributed by atoms with Crippen molar-refractivity contribution < 1.29 is 13.2 Å². The third-order valence-electron chi connectivity index (χ3n) is 4.32. The van der Waals surface area contributed by atoms with E-state index in [1.165, 1.54) is 19.1 Å². The van der Waals surface area contributed by atoms with E-state index >= 15 is 0 Å². The summed E-state index contributed by atoms with van der Waals surface area (Å²) in [5.74, 6) is 1.05. The van der Waals surface area contributed by atoms with Gasteiger partial charge in [-0.15, -0.1) is 0 Å². The minimum atomic E-state index is -3.13. The summed E-state index contributed by atoms with van der Waals surface area (Å²) in [6.07, 6.45) is 5.66. The summed E-state index contributed by atoms with van der Waals surface area (Å²) in [4.78, 5) is 14.1. The van der Waals surface area contributed by atoms with Crippen molar-refractivity contribution in [2.24, 2.45) is 11.8 Å². The molecule has 1 heterocycles. The lowest BCUT2D eigenvalue weighted by molar-refractivity contribution is -0.123. The average molecular weight is 317 g/mol. The molecule has 1 amide bonds. The van der Waals surface area contributed by atoms with Gasteiger partial charge in [0.1, 0.15) is 0 Å². The van der Waals surface area contributed by atoms with Crippen LogP contribution in [0.5, 0.6) is 0 Å². The molecule has 2 N–H and O–H groups in total. The number of carbonyl (C=O) groups excluding carboxylic acids is 1. The van der Waals surface area contributed by atoms with Gasteiger partial charge in [-0.2, -0.15) is 0 Å². The van der Waals surface area contributed by atoms with E-state index in [1.54, 1.807) is 0 Å². The molecule has 6 nitrogen and oxygen atoms in total. The van der Waals surface area contributed by atoms with Gasteiger partial charge in [-0.1, -0.05) is 0 Å². The smallest absolute Gasteiger partial charge is 0.234 e. The molecule has 1 aliphatic heterocycles. The Morgan fingerprint density at radius 2 is 2.05 bits per heavy atom. The van der Waals surface area contributed by atoms with Gasteiger partial charge in [0.2, 0.25) is 15.9 Å². The number of hydrogen-bond donors (Lipinski definition) is 2.